The lowest BCUT2D eigenvalue weighted by molar-refractivity contribution is 0.120. The molecule has 0 spiro atoms. The van der Waals surface area contributed by atoms with E-state index in [-0.39, 0.29) is 6.61 Å². The van der Waals surface area contributed by atoms with Gasteiger partial charge in [-0.3, -0.25) is 0 Å². The summed E-state index contributed by atoms with van der Waals surface area (Å²) in [5, 5.41) is 0.468. The van der Waals surface area contributed by atoms with Crippen LogP contribution in [-0.4, -0.2) is 13.3 Å². The minimum Gasteiger partial charge on any atom is -0.488 e. The van der Waals surface area contributed by atoms with Crippen molar-refractivity contribution in [2.75, 3.05) is 7.11 Å². The Hall–Kier alpha value is -2.20. The van der Waals surface area contributed by atoms with Crippen LogP contribution in [0.25, 0.3) is 0 Å². The maximum Gasteiger partial charge on any atom is 0.513 e. The molecule has 2 aromatic rings. The number of hydrogen-bond donors (Lipinski definition) is 0. The van der Waals surface area contributed by atoms with Gasteiger partial charge in [-0.2, -0.15) is 0 Å². The van der Waals surface area contributed by atoms with E-state index >= 15 is 0 Å². The number of ether oxygens (including phenoxy) is 3. The van der Waals surface area contributed by atoms with Crippen molar-refractivity contribution in [1.82, 2.24) is 0 Å². The number of hydrogen-bond acceptors (Lipinski definition) is 4. The molecule has 24 heavy (non-hydrogen) atoms. The van der Waals surface area contributed by atoms with E-state index in [1.54, 1.807) is 18.2 Å². The average Bonchev–Trinajstić information content (AvgIpc) is 2.56. The largest absolute Gasteiger partial charge is 0.513 e. The molecule has 0 amide bonds. The van der Waals surface area contributed by atoms with Crippen LogP contribution >= 0.6 is 11.6 Å². The van der Waals surface area contributed by atoms with E-state index in [0.717, 1.165) is 17.7 Å². The van der Waals surface area contributed by atoms with Crippen molar-refractivity contribution in [2.45, 2.75) is 33.8 Å². The zero-order chi connectivity index (χ0) is 17.7. The molecule has 0 N–H and O–H groups in total. The topological polar surface area (TPSA) is 44.8 Å². The fourth-order valence-corrected chi connectivity index (χ4v) is 2.66. The smallest absolute Gasteiger partial charge is 0.488 e. The Morgan fingerprint density at radius 2 is 1.88 bits per heavy atom. The van der Waals surface area contributed by atoms with Gasteiger partial charge in [0.15, 0.2) is 0 Å². The van der Waals surface area contributed by atoms with Gasteiger partial charge in [-0.1, -0.05) is 30.7 Å². The summed E-state index contributed by atoms with van der Waals surface area (Å²) in [5.74, 6) is 1.11. The molecule has 0 radical (unpaired) electrons. The summed E-state index contributed by atoms with van der Waals surface area (Å²) in [6.07, 6.45) is 0.187. The maximum atomic E-state index is 11.4. The zero-order valence-corrected chi connectivity index (χ0v) is 15.1. The van der Waals surface area contributed by atoms with Gasteiger partial charge in [0.05, 0.1) is 17.7 Å². The highest BCUT2D eigenvalue weighted by molar-refractivity contribution is 6.31. The predicted octanol–water partition coefficient (Wildman–Crippen LogP) is 5.24. The summed E-state index contributed by atoms with van der Waals surface area (Å²) >= 11 is 6.23. The predicted molar refractivity (Wildman–Crippen MR) is 94.1 cm³/mol. The van der Waals surface area contributed by atoms with Crippen LogP contribution in [0.3, 0.4) is 0 Å². The Bertz CT molecular complexity index is 740. The van der Waals surface area contributed by atoms with Crippen molar-refractivity contribution < 1.29 is 19.0 Å². The van der Waals surface area contributed by atoms with E-state index in [1.807, 2.05) is 13.0 Å². The fourth-order valence-electron chi connectivity index (χ4n) is 2.44. The van der Waals surface area contributed by atoms with E-state index in [2.05, 4.69) is 24.7 Å². The first-order chi connectivity index (χ1) is 11.5. The molecule has 2 rings (SSSR count). The standard InChI is InChI=1S/C19H21ClO4/c1-5-14-9-13(3)18(10-12(14)2)23-11-15-16(20)7-6-8-17(15)24-19(21)22-4/h6-10H,5,11H2,1-4H3. The Labute approximate surface area is 147 Å². The molecule has 2 aromatic carbocycles. The van der Waals surface area contributed by atoms with Gasteiger partial charge in [-0.05, 0) is 55.2 Å². The van der Waals surface area contributed by atoms with Gasteiger partial charge in [0.25, 0.3) is 0 Å². The van der Waals surface area contributed by atoms with Crippen LogP contribution in [0.1, 0.15) is 29.2 Å². The van der Waals surface area contributed by atoms with Gasteiger partial charge < -0.3 is 14.2 Å². The number of rotatable bonds is 5. The highest BCUT2D eigenvalue weighted by atomic mass is 35.5. The molecular formula is C19H21ClO4. The molecule has 0 aliphatic heterocycles. The number of carbonyl (C=O) groups excluding carboxylic acids is 1. The molecular weight excluding hydrogens is 328 g/mol. The monoisotopic (exact) mass is 348 g/mol. The van der Waals surface area contributed by atoms with Gasteiger partial charge in [0, 0.05) is 0 Å². The molecule has 0 atom stereocenters. The van der Waals surface area contributed by atoms with Crippen molar-refractivity contribution in [1.29, 1.82) is 0 Å². The first-order valence-electron chi connectivity index (χ1n) is 7.72. The summed E-state index contributed by atoms with van der Waals surface area (Å²) in [7, 11) is 1.25. The molecule has 128 valence electrons. The highest BCUT2D eigenvalue weighted by Gasteiger charge is 2.14. The van der Waals surface area contributed by atoms with Crippen molar-refractivity contribution in [3.8, 4) is 11.5 Å². The van der Waals surface area contributed by atoms with Crippen LogP contribution in [0.2, 0.25) is 5.02 Å². The summed E-state index contributed by atoms with van der Waals surface area (Å²) in [4.78, 5) is 11.4. The Kier molecular flexibility index (Phi) is 6.10. The third-order valence-corrected chi connectivity index (χ3v) is 4.18. The lowest BCUT2D eigenvalue weighted by Crippen LogP contribution is -2.10. The molecule has 5 heteroatoms. The highest BCUT2D eigenvalue weighted by Crippen LogP contribution is 2.30. The van der Waals surface area contributed by atoms with Gasteiger partial charge in [0.1, 0.15) is 18.1 Å². The third-order valence-electron chi connectivity index (χ3n) is 3.82. The second-order valence-electron chi connectivity index (χ2n) is 5.46. The van der Waals surface area contributed by atoms with Gasteiger partial charge in [0.2, 0.25) is 0 Å². The summed E-state index contributed by atoms with van der Waals surface area (Å²) in [5.41, 5.74) is 4.14. The van der Waals surface area contributed by atoms with E-state index in [4.69, 9.17) is 21.1 Å². The van der Waals surface area contributed by atoms with Crippen molar-refractivity contribution >= 4 is 17.8 Å². The minimum absolute atomic E-state index is 0.192. The molecule has 0 heterocycles. The van der Waals surface area contributed by atoms with Crippen LogP contribution in [-0.2, 0) is 17.8 Å². The van der Waals surface area contributed by atoms with Crippen molar-refractivity contribution in [3.05, 3.63) is 57.6 Å². The van der Waals surface area contributed by atoms with Crippen LogP contribution in [0.5, 0.6) is 11.5 Å². The summed E-state index contributed by atoms with van der Waals surface area (Å²) < 4.78 is 15.6. The average molecular weight is 349 g/mol. The summed E-state index contributed by atoms with van der Waals surface area (Å²) in [6, 6.07) is 9.23. The maximum absolute atomic E-state index is 11.4. The Morgan fingerprint density at radius 1 is 1.12 bits per heavy atom. The minimum atomic E-state index is -0.794. The molecule has 0 aliphatic carbocycles. The number of methoxy groups -OCH3 is 1. The van der Waals surface area contributed by atoms with Gasteiger partial charge in [-0.15, -0.1) is 0 Å². The normalized spacial score (nSPS) is 10.4. The van der Waals surface area contributed by atoms with Crippen LogP contribution in [0, 0.1) is 13.8 Å². The lowest BCUT2D eigenvalue weighted by atomic mass is 10.0. The summed E-state index contributed by atoms with van der Waals surface area (Å²) in [6.45, 7) is 6.39. The number of carbonyl (C=O) groups is 1. The van der Waals surface area contributed by atoms with E-state index < -0.39 is 6.16 Å². The fraction of sp³-hybridized carbons (Fsp3) is 0.316. The van der Waals surface area contributed by atoms with E-state index in [0.29, 0.717) is 16.3 Å². The zero-order valence-electron chi connectivity index (χ0n) is 14.3. The number of benzene rings is 2. The van der Waals surface area contributed by atoms with Gasteiger partial charge in [-0.25, -0.2) is 4.79 Å². The van der Waals surface area contributed by atoms with E-state index in [1.165, 1.54) is 18.2 Å². The molecule has 0 aromatic heterocycles. The van der Waals surface area contributed by atoms with Crippen molar-refractivity contribution in [2.24, 2.45) is 0 Å². The second kappa shape index (κ2) is 8.06. The van der Waals surface area contributed by atoms with Crippen LogP contribution in [0.15, 0.2) is 30.3 Å². The Balaban J connectivity index is 2.23. The van der Waals surface area contributed by atoms with Gasteiger partial charge >= 0.3 is 6.16 Å². The third kappa shape index (κ3) is 4.20. The molecule has 4 nitrogen and oxygen atoms in total. The first-order valence-corrected chi connectivity index (χ1v) is 8.10. The Morgan fingerprint density at radius 3 is 2.54 bits per heavy atom. The molecule has 0 saturated heterocycles. The number of halogens is 1. The van der Waals surface area contributed by atoms with Crippen LogP contribution in [0.4, 0.5) is 4.79 Å². The first kappa shape index (κ1) is 18.1. The number of aryl methyl sites for hydroxylation is 3. The van der Waals surface area contributed by atoms with Crippen LogP contribution < -0.4 is 9.47 Å². The molecule has 0 fully saturated rings. The molecule has 0 bridgehead atoms. The molecule has 0 unspecified atom stereocenters. The van der Waals surface area contributed by atoms with Crippen molar-refractivity contribution in [3.63, 3.8) is 0 Å². The van der Waals surface area contributed by atoms with E-state index in [9.17, 15) is 4.79 Å². The SMILES string of the molecule is CCc1cc(C)c(OCc2c(Cl)cccc2OC(=O)OC)cc1C. The molecule has 0 saturated carbocycles. The quantitative estimate of drug-likeness (QED) is 0.547. The molecule has 0 aliphatic rings. The lowest BCUT2D eigenvalue weighted by Gasteiger charge is -2.15. The second-order valence-corrected chi connectivity index (χ2v) is 5.87.